The van der Waals surface area contributed by atoms with Crippen LogP contribution in [0.15, 0.2) is 29.8 Å². The fourth-order valence-corrected chi connectivity index (χ4v) is 1.72. The zero-order valence-corrected chi connectivity index (χ0v) is 12.3. The van der Waals surface area contributed by atoms with Gasteiger partial charge in [0.05, 0.1) is 0 Å². The molecule has 1 N–H and O–H groups in total. The SMILES string of the molecule is CCCNC(C)c1ccc(OCC=C(C)C)cc1F. The van der Waals surface area contributed by atoms with Crippen molar-refractivity contribution in [2.45, 2.75) is 40.2 Å². The Morgan fingerprint density at radius 1 is 1.42 bits per heavy atom. The molecule has 1 atom stereocenters. The molecule has 0 aromatic heterocycles. The number of benzene rings is 1. The molecular weight excluding hydrogens is 241 g/mol. The highest BCUT2D eigenvalue weighted by Gasteiger charge is 2.10. The van der Waals surface area contributed by atoms with E-state index in [0.717, 1.165) is 13.0 Å². The topological polar surface area (TPSA) is 21.3 Å². The predicted octanol–water partition coefficient (Wildman–Crippen LogP) is 4.23. The van der Waals surface area contributed by atoms with Crippen molar-refractivity contribution in [1.82, 2.24) is 5.32 Å². The maximum absolute atomic E-state index is 14.0. The van der Waals surface area contributed by atoms with E-state index in [0.29, 0.717) is 17.9 Å². The van der Waals surface area contributed by atoms with Crippen LogP contribution in [-0.2, 0) is 0 Å². The van der Waals surface area contributed by atoms with E-state index >= 15 is 0 Å². The standard InChI is InChI=1S/C16H24FNO/c1-5-9-18-13(4)15-7-6-14(11-16(15)17)19-10-8-12(2)3/h6-8,11,13,18H,5,9-10H2,1-4H3. The third kappa shape index (κ3) is 5.43. The van der Waals surface area contributed by atoms with Gasteiger partial charge in [-0.15, -0.1) is 0 Å². The van der Waals surface area contributed by atoms with Crippen molar-refractivity contribution in [3.05, 3.63) is 41.2 Å². The summed E-state index contributed by atoms with van der Waals surface area (Å²) in [5.74, 6) is 0.354. The van der Waals surface area contributed by atoms with Crippen molar-refractivity contribution in [2.75, 3.05) is 13.2 Å². The lowest BCUT2D eigenvalue weighted by Gasteiger charge is -2.15. The Hall–Kier alpha value is -1.35. The second-order valence-electron chi connectivity index (χ2n) is 4.95. The highest BCUT2D eigenvalue weighted by Crippen LogP contribution is 2.22. The summed E-state index contributed by atoms with van der Waals surface area (Å²) in [6.07, 6.45) is 3.01. The van der Waals surface area contributed by atoms with Gasteiger partial charge in [0.15, 0.2) is 0 Å². The third-order valence-corrected chi connectivity index (χ3v) is 2.88. The summed E-state index contributed by atoms with van der Waals surface area (Å²) < 4.78 is 19.5. The molecule has 2 nitrogen and oxygen atoms in total. The molecule has 1 aromatic carbocycles. The van der Waals surface area contributed by atoms with Gasteiger partial charge in [-0.3, -0.25) is 0 Å². The first-order valence-corrected chi connectivity index (χ1v) is 6.83. The van der Waals surface area contributed by atoms with E-state index in [-0.39, 0.29) is 11.9 Å². The Bertz CT molecular complexity index is 425. The number of halogens is 1. The van der Waals surface area contributed by atoms with Crippen LogP contribution in [-0.4, -0.2) is 13.2 Å². The van der Waals surface area contributed by atoms with Crippen molar-refractivity contribution in [3.8, 4) is 5.75 Å². The Kier molecular flexibility index (Phi) is 6.57. The Morgan fingerprint density at radius 3 is 2.74 bits per heavy atom. The van der Waals surface area contributed by atoms with Crippen LogP contribution in [0.4, 0.5) is 4.39 Å². The third-order valence-electron chi connectivity index (χ3n) is 2.88. The van der Waals surface area contributed by atoms with Crippen molar-refractivity contribution < 1.29 is 9.13 Å². The smallest absolute Gasteiger partial charge is 0.131 e. The van der Waals surface area contributed by atoms with Crippen molar-refractivity contribution in [3.63, 3.8) is 0 Å². The van der Waals surface area contributed by atoms with Crippen LogP contribution in [0.3, 0.4) is 0 Å². The number of rotatable bonds is 7. The highest BCUT2D eigenvalue weighted by atomic mass is 19.1. The zero-order chi connectivity index (χ0) is 14.3. The zero-order valence-electron chi connectivity index (χ0n) is 12.3. The predicted molar refractivity (Wildman–Crippen MR) is 78.0 cm³/mol. The van der Waals surface area contributed by atoms with E-state index in [2.05, 4.69) is 12.2 Å². The van der Waals surface area contributed by atoms with Crippen LogP contribution >= 0.6 is 0 Å². The van der Waals surface area contributed by atoms with Gasteiger partial charge < -0.3 is 10.1 Å². The minimum absolute atomic E-state index is 0.0202. The maximum atomic E-state index is 14.0. The quantitative estimate of drug-likeness (QED) is 0.745. The van der Waals surface area contributed by atoms with Gasteiger partial charge in [0, 0.05) is 17.7 Å². The minimum atomic E-state index is -0.217. The first-order valence-electron chi connectivity index (χ1n) is 6.83. The Morgan fingerprint density at radius 2 is 2.16 bits per heavy atom. The summed E-state index contributed by atoms with van der Waals surface area (Å²) in [6.45, 7) is 9.44. The van der Waals surface area contributed by atoms with E-state index in [1.165, 1.54) is 11.6 Å². The molecule has 0 aliphatic rings. The van der Waals surface area contributed by atoms with Crippen LogP contribution in [0.2, 0.25) is 0 Å². The molecule has 106 valence electrons. The molecule has 0 saturated carbocycles. The summed E-state index contributed by atoms with van der Waals surface area (Å²) in [5.41, 5.74) is 1.87. The molecule has 0 spiro atoms. The van der Waals surface area contributed by atoms with Gasteiger partial charge in [-0.05, 0) is 45.9 Å². The molecule has 0 radical (unpaired) electrons. The number of allylic oxidation sites excluding steroid dienone is 1. The molecular formula is C16H24FNO. The first kappa shape index (κ1) is 15.7. The van der Waals surface area contributed by atoms with E-state index in [1.54, 1.807) is 6.07 Å². The van der Waals surface area contributed by atoms with Crippen molar-refractivity contribution >= 4 is 0 Å². The van der Waals surface area contributed by atoms with Crippen molar-refractivity contribution in [2.24, 2.45) is 0 Å². The number of hydrogen-bond donors (Lipinski definition) is 1. The van der Waals surface area contributed by atoms with E-state index in [9.17, 15) is 4.39 Å². The summed E-state index contributed by atoms with van der Waals surface area (Å²) in [4.78, 5) is 0. The summed E-state index contributed by atoms with van der Waals surface area (Å²) in [6, 6.07) is 5.09. The number of nitrogens with one attached hydrogen (secondary N) is 1. The van der Waals surface area contributed by atoms with E-state index < -0.39 is 0 Å². The summed E-state index contributed by atoms with van der Waals surface area (Å²) >= 11 is 0. The molecule has 0 bridgehead atoms. The molecule has 19 heavy (non-hydrogen) atoms. The van der Waals surface area contributed by atoms with Crippen LogP contribution in [0, 0.1) is 5.82 Å². The maximum Gasteiger partial charge on any atom is 0.131 e. The average Bonchev–Trinajstić information content (AvgIpc) is 2.35. The molecule has 0 amide bonds. The van der Waals surface area contributed by atoms with Crippen LogP contribution in [0.25, 0.3) is 0 Å². The monoisotopic (exact) mass is 265 g/mol. The van der Waals surface area contributed by atoms with Gasteiger partial charge in [0.25, 0.3) is 0 Å². The van der Waals surface area contributed by atoms with Crippen molar-refractivity contribution in [1.29, 1.82) is 0 Å². The molecule has 3 heteroatoms. The molecule has 0 saturated heterocycles. The highest BCUT2D eigenvalue weighted by molar-refractivity contribution is 5.30. The van der Waals surface area contributed by atoms with Crippen LogP contribution in [0.1, 0.15) is 45.7 Å². The number of ether oxygens (including phenoxy) is 1. The van der Waals surface area contributed by atoms with Crippen LogP contribution in [0.5, 0.6) is 5.75 Å². The average molecular weight is 265 g/mol. The van der Waals surface area contributed by atoms with E-state index in [4.69, 9.17) is 4.74 Å². The molecule has 0 aliphatic heterocycles. The molecule has 1 unspecified atom stereocenters. The van der Waals surface area contributed by atoms with Crippen LogP contribution < -0.4 is 10.1 Å². The summed E-state index contributed by atoms with van der Waals surface area (Å²) in [7, 11) is 0. The first-order chi connectivity index (χ1) is 9.04. The fraction of sp³-hybridized carbons (Fsp3) is 0.500. The van der Waals surface area contributed by atoms with Gasteiger partial charge in [0.2, 0.25) is 0 Å². The second kappa shape index (κ2) is 7.95. The molecule has 0 aliphatic carbocycles. The fourth-order valence-electron chi connectivity index (χ4n) is 1.72. The Labute approximate surface area is 115 Å². The van der Waals surface area contributed by atoms with Gasteiger partial charge in [0.1, 0.15) is 18.2 Å². The lowest BCUT2D eigenvalue weighted by molar-refractivity contribution is 0.359. The normalized spacial score (nSPS) is 12.1. The Balaban J connectivity index is 2.66. The molecule has 0 fully saturated rings. The molecule has 1 aromatic rings. The minimum Gasteiger partial charge on any atom is -0.489 e. The van der Waals surface area contributed by atoms with E-state index in [1.807, 2.05) is 32.9 Å². The number of hydrogen-bond acceptors (Lipinski definition) is 2. The van der Waals surface area contributed by atoms with Gasteiger partial charge in [-0.1, -0.05) is 18.6 Å². The molecule has 0 heterocycles. The van der Waals surface area contributed by atoms with Gasteiger partial charge >= 0.3 is 0 Å². The lowest BCUT2D eigenvalue weighted by Crippen LogP contribution is -2.20. The van der Waals surface area contributed by atoms with Gasteiger partial charge in [-0.25, -0.2) is 4.39 Å². The largest absolute Gasteiger partial charge is 0.489 e. The lowest BCUT2D eigenvalue weighted by atomic mass is 10.1. The molecule has 1 rings (SSSR count). The second-order valence-corrected chi connectivity index (χ2v) is 4.95. The summed E-state index contributed by atoms with van der Waals surface area (Å²) in [5, 5.41) is 3.28. The van der Waals surface area contributed by atoms with Gasteiger partial charge in [-0.2, -0.15) is 0 Å².